The maximum atomic E-state index is 5.87. The van der Waals surface area contributed by atoms with Gasteiger partial charge in [0.15, 0.2) is 0 Å². The molecule has 0 aliphatic carbocycles. The molecular weight excluding hydrogens is 198 g/mol. The lowest BCUT2D eigenvalue weighted by molar-refractivity contribution is 0.641. The van der Waals surface area contributed by atoms with Crippen molar-refractivity contribution < 1.29 is 0 Å². The molecule has 0 heterocycles. The van der Waals surface area contributed by atoms with Gasteiger partial charge in [-0.15, -0.1) is 0 Å². The molecule has 0 aliphatic heterocycles. The van der Waals surface area contributed by atoms with Crippen molar-refractivity contribution in [3.63, 3.8) is 0 Å². The third-order valence-corrected chi connectivity index (χ3v) is 2.29. The molecule has 0 amide bonds. The van der Waals surface area contributed by atoms with E-state index >= 15 is 0 Å². The molecule has 0 fully saturated rings. The number of nitrogens with two attached hydrogens (primary N) is 1. The number of amidine groups is 1. The molecule has 0 atom stereocenters. The van der Waals surface area contributed by atoms with Crippen molar-refractivity contribution in [1.29, 1.82) is 0 Å². The minimum atomic E-state index is 0.426. The van der Waals surface area contributed by atoms with E-state index in [4.69, 9.17) is 5.73 Å². The highest BCUT2D eigenvalue weighted by molar-refractivity contribution is 5.83. The topological polar surface area (TPSA) is 50.4 Å². The second-order valence-corrected chi connectivity index (χ2v) is 3.98. The van der Waals surface area contributed by atoms with Crippen LogP contribution in [-0.4, -0.2) is 18.4 Å². The van der Waals surface area contributed by atoms with Gasteiger partial charge in [0.05, 0.1) is 12.2 Å². The molecule has 0 aromatic rings. The summed E-state index contributed by atoms with van der Waals surface area (Å²) in [6, 6.07) is 0.426. The van der Waals surface area contributed by atoms with E-state index in [-0.39, 0.29) is 0 Å². The summed E-state index contributed by atoms with van der Waals surface area (Å²) >= 11 is 0. The highest BCUT2D eigenvalue weighted by Gasteiger charge is 2.01. The molecule has 0 saturated carbocycles. The van der Waals surface area contributed by atoms with Crippen LogP contribution in [0.3, 0.4) is 0 Å². The van der Waals surface area contributed by atoms with Gasteiger partial charge >= 0.3 is 0 Å². The number of nitrogens with one attached hydrogen (secondary N) is 1. The van der Waals surface area contributed by atoms with Gasteiger partial charge in [0.25, 0.3) is 0 Å². The highest BCUT2D eigenvalue weighted by Crippen LogP contribution is 2.14. The molecule has 0 aliphatic rings. The summed E-state index contributed by atoms with van der Waals surface area (Å²) in [4.78, 5) is 4.43. The molecule has 0 aromatic carbocycles. The van der Waals surface area contributed by atoms with Crippen molar-refractivity contribution in [2.75, 3.05) is 6.54 Å². The number of nitrogens with zero attached hydrogens (tertiary/aromatic N) is 1. The van der Waals surface area contributed by atoms with Gasteiger partial charge in [-0.3, -0.25) is 0 Å². The Bertz CT molecular complexity index is 286. The van der Waals surface area contributed by atoms with Crippen LogP contribution in [0.1, 0.15) is 41.0 Å². The predicted octanol–water partition coefficient (Wildman–Crippen LogP) is 2.60. The third-order valence-electron chi connectivity index (χ3n) is 2.29. The molecule has 3 N–H and O–H groups in total. The van der Waals surface area contributed by atoms with Crippen molar-refractivity contribution in [2.24, 2.45) is 10.7 Å². The average molecular weight is 223 g/mol. The lowest BCUT2D eigenvalue weighted by atomic mass is 10.1. The van der Waals surface area contributed by atoms with Gasteiger partial charge in [0.1, 0.15) is 5.84 Å². The number of hydrogen-bond donors (Lipinski definition) is 2. The van der Waals surface area contributed by atoms with Crippen LogP contribution in [0.2, 0.25) is 0 Å². The minimum absolute atomic E-state index is 0.426. The van der Waals surface area contributed by atoms with Gasteiger partial charge < -0.3 is 11.1 Å². The van der Waals surface area contributed by atoms with Crippen LogP contribution in [0.25, 0.3) is 0 Å². The monoisotopic (exact) mass is 223 g/mol. The van der Waals surface area contributed by atoms with Gasteiger partial charge in [-0.05, 0) is 25.8 Å². The second kappa shape index (κ2) is 8.11. The number of allylic oxidation sites excluding steroid dienone is 3. The second-order valence-electron chi connectivity index (χ2n) is 3.98. The van der Waals surface area contributed by atoms with Crippen LogP contribution in [0.15, 0.2) is 28.4 Å². The van der Waals surface area contributed by atoms with E-state index in [1.807, 2.05) is 19.9 Å². The van der Waals surface area contributed by atoms with Crippen molar-refractivity contribution in [1.82, 2.24) is 5.32 Å². The minimum Gasteiger partial charge on any atom is -0.386 e. The number of hydrogen-bond acceptors (Lipinski definition) is 2. The summed E-state index contributed by atoms with van der Waals surface area (Å²) in [5.74, 6) is 0.634. The Morgan fingerprint density at radius 2 is 1.94 bits per heavy atom. The first-order valence-electron chi connectivity index (χ1n) is 5.93. The third kappa shape index (κ3) is 5.71. The van der Waals surface area contributed by atoms with E-state index < -0.39 is 0 Å². The zero-order valence-electron chi connectivity index (χ0n) is 11.2. The van der Waals surface area contributed by atoms with Crippen LogP contribution < -0.4 is 11.1 Å². The molecule has 0 aromatic heterocycles. The fourth-order valence-electron chi connectivity index (χ4n) is 1.36. The van der Waals surface area contributed by atoms with Crippen LogP contribution in [0.5, 0.6) is 0 Å². The SMILES string of the molecule is CC=C(CC)C(=CC)N=C(N)CNC(C)C. The summed E-state index contributed by atoms with van der Waals surface area (Å²) in [6.07, 6.45) is 5.06. The van der Waals surface area contributed by atoms with Crippen molar-refractivity contribution in [2.45, 2.75) is 47.1 Å². The Morgan fingerprint density at radius 1 is 1.31 bits per heavy atom. The van der Waals surface area contributed by atoms with E-state index in [1.165, 1.54) is 5.57 Å². The van der Waals surface area contributed by atoms with Crippen LogP contribution in [0, 0.1) is 0 Å². The molecule has 0 bridgehead atoms. The molecule has 0 rings (SSSR count). The molecular formula is C13H25N3. The normalized spacial score (nSPS) is 14.8. The maximum Gasteiger partial charge on any atom is 0.114 e. The highest BCUT2D eigenvalue weighted by atomic mass is 15.0. The molecule has 92 valence electrons. The van der Waals surface area contributed by atoms with Crippen LogP contribution >= 0.6 is 0 Å². The Hall–Kier alpha value is -1.09. The largest absolute Gasteiger partial charge is 0.386 e. The fraction of sp³-hybridized carbons (Fsp3) is 0.615. The summed E-state index contributed by atoms with van der Waals surface area (Å²) in [5, 5.41) is 3.25. The van der Waals surface area contributed by atoms with E-state index in [0.717, 1.165) is 12.1 Å². The molecule has 0 saturated heterocycles. The average Bonchev–Trinajstić information content (AvgIpc) is 2.26. The van der Waals surface area contributed by atoms with E-state index in [1.54, 1.807) is 0 Å². The van der Waals surface area contributed by atoms with Gasteiger partial charge in [0, 0.05) is 6.04 Å². The van der Waals surface area contributed by atoms with Gasteiger partial charge in [-0.2, -0.15) is 0 Å². The Balaban J connectivity index is 4.58. The standard InChI is InChI=1S/C13H25N3/c1-6-11(7-2)12(8-3)16-13(14)9-15-10(4)5/h6,8,10,15H,7,9H2,1-5H3,(H2,14,16). The molecule has 0 spiro atoms. The lowest BCUT2D eigenvalue weighted by Gasteiger charge is -2.09. The molecule has 3 nitrogen and oxygen atoms in total. The first-order chi connectivity index (χ1) is 7.54. The van der Waals surface area contributed by atoms with Crippen LogP contribution in [0.4, 0.5) is 0 Å². The molecule has 3 heteroatoms. The quantitative estimate of drug-likeness (QED) is 0.413. The van der Waals surface area contributed by atoms with Crippen molar-refractivity contribution in [3.05, 3.63) is 23.4 Å². The summed E-state index contributed by atoms with van der Waals surface area (Å²) < 4.78 is 0. The van der Waals surface area contributed by atoms with E-state index in [9.17, 15) is 0 Å². The molecule has 0 unspecified atom stereocenters. The Labute approximate surface area is 99.5 Å². The van der Waals surface area contributed by atoms with Crippen molar-refractivity contribution in [3.8, 4) is 0 Å². The summed E-state index contributed by atoms with van der Waals surface area (Å²) in [7, 11) is 0. The van der Waals surface area contributed by atoms with Gasteiger partial charge in [0.2, 0.25) is 0 Å². The zero-order valence-corrected chi connectivity index (χ0v) is 11.2. The number of aliphatic imine (C=N–C) groups is 1. The maximum absolute atomic E-state index is 5.87. The van der Waals surface area contributed by atoms with Gasteiger partial charge in [-0.1, -0.05) is 32.9 Å². The molecule has 16 heavy (non-hydrogen) atoms. The number of rotatable bonds is 6. The summed E-state index contributed by atoms with van der Waals surface area (Å²) in [6.45, 7) is 11.0. The smallest absolute Gasteiger partial charge is 0.114 e. The first-order valence-corrected chi connectivity index (χ1v) is 5.93. The Morgan fingerprint density at radius 3 is 2.31 bits per heavy atom. The fourth-order valence-corrected chi connectivity index (χ4v) is 1.36. The van der Waals surface area contributed by atoms with Crippen LogP contribution in [-0.2, 0) is 0 Å². The predicted molar refractivity (Wildman–Crippen MR) is 72.6 cm³/mol. The van der Waals surface area contributed by atoms with E-state index in [0.29, 0.717) is 18.4 Å². The Kier molecular flexibility index (Phi) is 7.56. The zero-order chi connectivity index (χ0) is 12.6. The molecule has 0 radical (unpaired) electrons. The first kappa shape index (κ1) is 14.9. The summed E-state index contributed by atoms with van der Waals surface area (Å²) in [5.41, 5.74) is 8.08. The van der Waals surface area contributed by atoms with Crippen molar-refractivity contribution >= 4 is 5.84 Å². The lowest BCUT2D eigenvalue weighted by Crippen LogP contribution is -2.33. The van der Waals surface area contributed by atoms with E-state index in [2.05, 4.69) is 37.2 Å². The van der Waals surface area contributed by atoms with Gasteiger partial charge in [-0.25, -0.2) is 4.99 Å².